The Morgan fingerprint density at radius 3 is 2.93 bits per heavy atom. The lowest BCUT2D eigenvalue weighted by atomic mass is 10.2. The van der Waals surface area contributed by atoms with Gasteiger partial charge < -0.3 is 10.1 Å². The lowest BCUT2D eigenvalue weighted by Crippen LogP contribution is -2.26. The Bertz CT molecular complexity index is 344. The van der Waals surface area contributed by atoms with Gasteiger partial charge in [0.2, 0.25) is 0 Å². The smallest absolute Gasteiger partial charge is 0.256 e. The fraction of sp³-hybridized carbons (Fsp3) is 0.222. The number of carbonyl (C=O) groups excluding carboxylic acids is 1. The van der Waals surface area contributed by atoms with E-state index < -0.39 is 11.7 Å². The van der Waals surface area contributed by atoms with Gasteiger partial charge in [0.1, 0.15) is 12.5 Å². The summed E-state index contributed by atoms with van der Waals surface area (Å²) in [7, 11) is 1.44. The summed E-state index contributed by atoms with van der Waals surface area (Å²) in [4.78, 5) is 11.3. The minimum atomic E-state index is -0.562. The van der Waals surface area contributed by atoms with Crippen LogP contribution in [0, 0.1) is 5.82 Å². The fourth-order valence-electron chi connectivity index (χ4n) is 0.907. The first-order chi connectivity index (χ1) is 6.65. The van der Waals surface area contributed by atoms with Gasteiger partial charge in [0.05, 0.1) is 5.56 Å². The number of rotatable bonds is 3. The molecule has 0 atom stereocenters. The number of nitrogens with one attached hydrogen (secondary N) is 1. The molecule has 0 heterocycles. The zero-order chi connectivity index (χ0) is 10.6. The first-order valence-electron chi connectivity index (χ1n) is 3.87. The molecule has 1 aromatic carbocycles. The van der Waals surface area contributed by atoms with Crippen molar-refractivity contribution in [2.75, 3.05) is 13.8 Å². The highest BCUT2D eigenvalue weighted by atomic mass is 79.9. The lowest BCUT2D eigenvalue weighted by Gasteiger charge is -2.04. The van der Waals surface area contributed by atoms with Crippen molar-refractivity contribution in [1.82, 2.24) is 5.32 Å². The highest BCUT2D eigenvalue weighted by Crippen LogP contribution is 2.14. The van der Waals surface area contributed by atoms with Crippen LogP contribution in [0.15, 0.2) is 22.7 Å². The van der Waals surface area contributed by atoms with E-state index >= 15 is 0 Å². The molecule has 0 saturated carbocycles. The predicted octanol–water partition coefficient (Wildman–Crippen LogP) is 1.92. The summed E-state index contributed by atoms with van der Waals surface area (Å²) in [5.74, 6) is -1.05. The van der Waals surface area contributed by atoms with Gasteiger partial charge in [-0.1, -0.05) is 15.9 Å². The minimum Gasteiger partial charge on any atom is -0.364 e. The fourth-order valence-corrected chi connectivity index (χ4v) is 1.24. The van der Waals surface area contributed by atoms with E-state index in [9.17, 15) is 9.18 Å². The maximum Gasteiger partial charge on any atom is 0.256 e. The van der Waals surface area contributed by atoms with Crippen molar-refractivity contribution in [2.24, 2.45) is 0 Å². The summed E-state index contributed by atoms with van der Waals surface area (Å²) in [6, 6.07) is 4.25. The Balaban J connectivity index is 2.80. The van der Waals surface area contributed by atoms with Crippen molar-refractivity contribution in [3.8, 4) is 0 Å². The summed E-state index contributed by atoms with van der Waals surface area (Å²) < 4.78 is 18.4. The second-order valence-electron chi connectivity index (χ2n) is 2.56. The van der Waals surface area contributed by atoms with Crippen LogP contribution < -0.4 is 5.32 Å². The van der Waals surface area contributed by atoms with Gasteiger partial charge in [-0.15, -0.1) is 0 Å². The molecule has 1 N–H and O–H groups in total. The third-order valence-electron chi connectivity index (χ3n) is 1.55. The Hall–Kier alpha value is -0.940. The average molecular weight is 262 g/mol. The predicted molar refractivity (Wildman–Crippen MR) is 53.4 cm³/mol. The lowest BCUT2D eigenvalue weighted by molar-refractivity contribution is 0.0868. The molecule has 0 aliphatic heterocycles. The Labute approximate surface area is 89.4 Å². The summed E-state index contributed by atoms with van der Waals surface area (Å²) in [5, 5.41) is 2.39. The molecular weight excluding hydrogens is 253 g/mol. The zero-order valence-corrected chi connectivity index (χ0v) is 9.10. The highest BCUT2D eigenvalue weighted by molar-refractivity contribution is 9.10. The average Bonchev–Trinajstić information content (AvgIpc) is 2.14. The molecule has 1 aromatic rings. The maximum atomic E-state index is 13.2. The molecule has 0 aliphatic carbocycles. The Kier molecular flexibility index (Phi) is 4.03. The van der Waals surface area contributed by atoms with Crippen molar-refractivity contribution in [2.45, 2.75) is 0 Å². The van der Waals surface area contributed by atoms with Crippen LogP contribution in [0.1, 0.15) is 10.4 Å². The Morgan fingerprint density at radius 1 is 1.64 bits per heavy atom. The van der Waals surface area contributed by atoms with E-state index in [1.165, 1.54) is 19.2 Å². The molecular formula is C9H9BrFNO2. The molecule has 0 spiro atoms. The van der Waals surface area contributed by atoms with Crippen molar-refractivity contribution in [3.05, 3.63) is 34.1 Å². The summed E-state index contributed by atoms with van der Waals surface area (Å²) >= 11 is 3.10. The zero-order valence-electron chi connectivity index (χ0n) is 7.51. The van der Waals surface area contributed by atoms with Crippen LogP contribution >= 0.6 is 15.9 Å². The van der Waals surface area contributed by atoms with Crippen molar-refractivity contribution < 1.29 is 13.9 Å². The standard InChI is InChI=1S/C9H9BrFNO2/c1-14-5-12-9(13)7-3-2-6(10)4-8(7)11/h2-4H,5H2,1H3,(H,12,13). The van der Waals surface area contributed by atoms with Gasteiger partial charge in [0, 0.05) is 11.6 Å². The van der Waals surface area contributed by atoms with E-state index in [0.29, 0.717) is 4.47 Å². The molecule has 0 unspecified atom stereocenters. The summed E-state index contributed by atoms with van der Waals surface area (Å²) in [6.07, 6.45) is 0. The number of hydrogen-bond acceptors (Lipinski definition) is 2. The molecule has 1 amide bonds. The molecule has 0 fully saturated rings. The number of halogens is 2. The third kappa shape index (κ3) is 2.78. The molecule has 0 radical (unpaired) electrons. The topological polar surface area (TPSA) is 38.3 Å². The van der Waals surface area contributed by atoms with Gasteiger partial charge in [-0.05, 0) is 18.2 Å². The number of methoxy groups -OCH3 is 1. The second-order valence-corrected chi connectivity index (χ2v) is 3.48. The van der Waals surface area contributed by atoms with Crippen molar-refractivity contribution in [3.63, 3.8) is 0 Å². The van der Waals surface area contributed by atoms with Gasteiger partial charge >= 0.3 is 0 Å². The molecule has 76 valence electrons. The quantitative estimate of drug-likeness (QED) is 0.845. The van der Waals surface area contributed by atoms with Crippen LogP contribution in [-0.4, -0.2) is 19.7 Å². The third-order valence-corrected chi connectivity index (χ3v) is 2.05. The van der Waals surface area contributed by atoms with Crippen LogP contribution in [-0.2, 0) is 4.74 Å². The van der Waals surface area contributed by atoms with Gasteiger partial charge in [-0.25, -0.2) is 4.39 Å². The monoisotopic (exact) mass is 261 g/mol. The van der Waals surface area contributed by atoms with E-state index in [0.717, 1.165) is 0 Å². The van der Waals surface area contributed by atoms with E-state index in [2.05, 4.69) is 26.0 Å². The summed E-state index contributed by atoms with van der Waals surface area (Å²) in [5.41, 5.74) is 0.00486. The Morgan fingerprint density at radius 2 is 2.36 bits per heavy atom. The SMILES string of the molecule is COCNC(=O)c1ccc(Br)cc1F. The van der Waals surface area contributed by atoms with Crippen LogP contribution in [0.2, 0.25) is 0 Å². The van der Waals surface area contributed by atoms with E-state index in [-0.39, 0.29) is 12.3 Å². The minimum absolute atomic E-state index is 0.00486. The van der Waals surface area contributed by atoms with E-state index in [1.54, 1.807) is 6.07 Å². The molecule has 1 rings (SSSR count). The normalized spacial score (nSPS) is 9.93. The molecule has 0 saturated heterocycles. The molecule has 0 aliphatic rings. The first kappa shape index (κ1) is 11.1. The van der Waals surface area contributed by atoms with Crippen LogP contribution in [0.4, 0.5) is 4.39 Å². The number of carbonyl (C=O) groups is 1. The van der Waals surface area contributed by atoms with E-state index in [4.69, 9.17) is 0 Å². The number of ether oxygens (including phenoxy) is 1. The number of benzene rings is 1. The molecule has 5 heteroatoms. The number of amides is 1. The first-order valence-corrected chi connectivity index (χ1v) is 4.66. The summed E-state index contributed by atoms with van der Waals surface area (Å²) in [6.45, 7) is 0.0638. The molecule has 0 aromatic heterocycles. The van der Waals surface area contributed by atoms with E-state index in [1.807, 2.05) is 0 Å². The van der Waals surface area contributed by atoms with Crippen LogP contribution in [0.25, 0.3) is 0 Å². The van der Waals surface area contributed by atoms with Crippen molar-refractivity contribution in [1.29, 1.82) is 0 Å². The van der Waals surface area contributed by atoms with Crippen LogP contribution in [0.5, 0.6) is 0 Å². The largest absolute Gasteiger partial charge is 0.364 e. The van der Waals surface area contributed by atoms with Gasteiger partial charge in [0.15, 0.2) is 0 Å². The van der Waals surface area contributed by atoms with Gasteiger partial charge in [0.25, 0.3) is 5.91 Å². The highest BCUT2D eigenvalue weighted by Gasteiger charge is 2.10. The van der Waals surface area contributed by atoms with Gasteiger partial charge in [-0.2, -0.15) is 0 Å². The number of hydrogen-bond donors (Lipinski definition) is 1. The van der Waals surface area contributed by atoms with Crippen LogP contribution in [0.3, 0.4) is 0 Å². The molecule has 14 heavy (non-hydrogen) atoms. The van der Waals surface area contributed by atoms with Gasteiger partial charge in [-0.3, -0.25) is 4.79 Å². The molecule has 0 bridgehead atoms. The van der Waals surface area contributed by atoms with Crippen molar-refractivity contribution >= 4 is 21.8 Å². The maximum absolute atomic E-state index is 13.2. The second kappa shape index (κ2) is 5.07. The molecule has 3 nitrogen and oxygen atoms in total.